The summed E-state index contributed by atoms with van der Waals surface area (Å²) >= 11 is 0. The fourth-order valence-corrected chi connectivity index (χ4v) is 5.17. The first kappa shape index (κ1) is 28.0. The van der Waals surface area contributed by atoms with E-state index in [9.17, 15) is 9.90 Å². The summed E-state index contributed by atoms with van der Waals surface area (Å²) in [6.07, 6.45) is 2.46. The van der Waals surface area contributed by atoms with Crippen molar-refractivity contribution in [3.8, 4) is 16.9 Å². The van der Waals surface area contributed by atoms with Crippen LogP contribution in [0.25, 0.3) is 11.1 Å². The molecule has 1 aromatic heterocycles. The van der Waals surface area contributed by atoms with Gasteiger partial charge in [0.25, 0.3) is 0 Å². The van der Waals surface area contributed by atoms with Crippen molar-refractivity contribution in [2.75, 3.05) is 26.9 Å². The zero-order chi connectivity index (χ0) is 27.9. The molecule has 212 valence electrons. The molecule has 3 aromatic rings. The van der Waals surface area contributed by atoms with E-state index in [2.05, 4.69) is 10.3 Å². The van der Waals surface area contributed by atoms with E-state index >= 15 is 0 Å². The predicted molar refractivity (Wildman–Crippen MR) is 148 cm³/mol. The first-order valence-electron chi connectivity index (χ1n) is 13.5. The Morgan fingerprint density at radius 1 is 1.12 bits per heavy atom. The molecule has 0 radical (unpaired) electrons. The number of nitrogens with two attached hydrogens (primary N) is 1. The highest BCUT2D eigenvalue weighted by atomic mass is 16.7. The molecule has 0 unspecified atom stereocenters. The lowest BCUT2D eigenvalue weighted by Crippen LogP contribution is -2.51. The smallest absolute Gasteiger partial charge is 0.407 e. The number of aliphatic hydroxyl groups is 1. The number of aromatic nitrogens is 1. The Kier molecular flexibility index (Phi) is 9.25. The van der Waals surface area contributed by atoms with Crippen LogP contribution in [-0.4, -0.2) is 72.6 Å². The van der Waals surface area contributed by atoms with Crippen LogP contribution in [0.2, 0.25) is 0 Å². The topological polar surface area (TPSA) is 128 Å². The van der Waals surface area contributed by atoms with E-state index in [4.69, 9.17) is 24.8 Å². The Balaban J connectivity index is 1.21. The maximum atomic E-state index is 12.9. The van der Waals surface area contributed by atoms with Crippen LogP contribution in [-0.2, 0) is 27.2 Å². The average Bonchev–Trinajstić information content (AvgIpc) is 3.59. The monoisotopic (exact) mass is 548 g/mol. The lowest BCUT2D eigenvalue weighted by molar-refractivity contribution is -0.0907. The summed E-state index contributed by atoms with van der Waals surface area (Å²) in [4.78, 5) is 17.1. The average molecular weight is 549 g/mol. The third kappa shape index (κ3) is 7.15. The van der Waals surface area contributed by atoms with Gasteiger partial charge >= 0.3 is 6.09 Å². The van der Waals surface area contributed by atoms with Crippen molar-refractivity contribution in [2.24, 2.45) is 11.8 Å². The number of nitrogens with one attached hydrogen (secondary N) is 1. The van der Waals surface area contributed by atoms with Crippen LogP contribution in [0.4, 0.5) is 4.79 Å². The minimum absolute atomic E-state index is 0.0276. The molecule has 0 bridgehead atoms. The Morgan fingerprint density at radius 3 is 2.62 bits per heavy atom. The van der Waals surface area contributed by atoms with E-state index in [0.29, 0.717) is 26.2 Å². The van der Waals surface area contributed by atoms with Gasteiger partial charge in [0.1, 0.15) is 11.9 Å². The summed E-state index contributed by atoms with van der Waals surface area (Å²) in [5, 5.41) is 15.6. The SMILES string of the molecule is COc1ccc(C[C@H](NC(=O)O[C@H]2CO[C@H]3OCC[C@H]32)[C@@H](O)CN(N)Cc2ccc(-c3cccnc3)cc2)cc1. The minimum Gasteiger partial charge on any atom is -0.497 e. The highest BCUT2D eigenvalue weighted by Crippen LogP contribution is 2.33. The van der Waals surface area contributed by atoms with Gasteiger partial charge in [0.05, 0.1) is 38.4 Å². The van der Waals surface area contributed by atoms with Crippen molar-refractivity contribution < 1.29 is 28.8 Å². The molecule has 10 heteroatoms. The zero-order valence-corrected chi connectivity index (χ0v) is 22.5. The molecule has 5 rings (SSSR count). The number of ether oxygens (including phenoxy) is 4. The fraction of sp³-hybridized carbons (Fsp3) is 0.400. The Hall–Kier alpha value is -3.54. The fourth-order valence-electron chi connectivity index (χ4n) is 5.17. The van der Waals surface area contributed by atoms with E-state index in [1.807, 2.05) is 66.9 Å². The van der Waals surface area contributed by atoms with E-state index in [0.717, 1.165) is 34.4 Å². The predicted octanol–water partition coefficient (Wildman–Crippen LogP) is 2.89. The van der Waals surface area contributed by atoms with Gasteiger partial charge < -0.3 is 29.4 Å². The number of rotatable bonds is 11. The molecular formula is C30H36N4O6. The molecule has 2 aliphatic rings. The molecule has 1 amide bonds. The number of hydrogen-bond acceptors (Lipinski definition) is 9. The maximum Gasteiger partial charge on any atom is 0.407 e. The van der Waals surface area contributed by atoms with E-state index in [-0.39, 0.29) is 24.9 Å². The molecule has 2 aromatic carbocycles. The number of methoxy groups -OCH3 is 1. The first-order chi connectivity index (χ1) is 19.5. The highest BCUT2D eigenvalue weighted by molar-refractivity contribution is 5.68. The van der Waals surface area contributed by atoms with Crippen LogP contribution in [0.15, 0.2) is 73.1 Å². The second-order valence-corrected chi connectivity index (χ2v) is 10.2. The molecule has 4 N–H and O–H groups in total. The number of amides is 1. The first-order valence-corrected chi connectivity index (χ1v) is 13.5. The summed E-state index contributed by atoms with van der Waals surface area (Å²) in [6.45, 7) is 1.45. The van der Waals surface area contributed by atoms with Crippen LogP contribution in [0.1, 0.15) is 17.5 Å². The number of nitrogens with zero attached hydrogens (tertiary/aromatic N) is 2. The maximum absolute atomic E-state index is 12.9. The van der Waals surface area contributed by atoms with Crippen molar-refractivity contribution in [2.45, 2.75) is 43.9 Å². The number of aliphatic hydroxyl groups excluding tert-OH is 1. The summed E-state index contributed by atoms with van der Waals surface area (Å²) in [6, 6.07) is 18.8. The molecule has 40 heavy (non-hydrogen) atoms. The Morgan fingerprint density at radius 2 is 1.90 bits per heavy atom. The van der Waals surface area contributed by atoms with Gasteiger partial charge in [-0.05, 0) is 53.3 Å². The molecule has 0 saturated carbocycles. The second kappa shape index (κ2) is 13.2. The normalized spacial score (nSPS) is 21.6. The number of hydrazine groups is 1. The van der Waals surface area contributed by atoms with Crippen molar-refractivity contribution in [3.05, 3.63) is 84.2 Å². The van der Waals surface area contributed by atoms with Gasteiger partial charge in [-0.15, -0.1) is 0 Å². The van der Waals surface area contributed by atoms with Crippen molar-refractivity contribution >= 4 is 6.09 Å². The highest BCUT2D eigenvalue weighted by Gasteiger charge is 2.44. The molecule has 0 spiro atoms. The Labute approximate surface area is 234 Å². The summed E-state index contributed by atoms with van der Waals surface area (Å²) in [5.41, 5.74) is 4.02. The van der Waals surface area contributed by atoms with E-state index in [1.54, 1.807) is 18.3 Å². The summed E-state index contributed by atoms with van der Waals surface area (Å²) < 4.78 is 22.1. The minimum atomic E-state index is -0.961. The Bertz CT molecular complexity index is 1230. The van der Waals surface area contributed by atoms with Crippen molar-refractivity contribution in [1.82, 2.24) is 15.3 Å². The molecule has 10 nitrogen and oxygen atoms in total. The molecule has 3 heterocycles. The number of benzene rings is 2. The number of pyridine rings is 1. The largest absolute Gasteiger partial charge is 0.497 e. The number of alkyl carbamates (subject to hydrolysis) is 1. The zero-order valence-electron chi connectivity index (χ0n) is 22.5. The van der Waals surface area contributed by atoms with Crippen molar-refractivity contribution in [3.63, 3.8) is 0 Å². The van der Waals surface area contributed by atoms with Crippen LogP contribution >= 0.6 is 0 Å². The van der Waals surface area contributed by atoms with Gasteiger partial charge in [-0.3, -0.25) is 10.8 Å². The molecule has 2 aliphatic heterocycles. The summed E-state index contributed by atoms with van der Waals surface area (Å²) in [5.74, 6) is 7.07. The van der Waals surface area contributed by atoms with Crippen LogP contribution in [0, 0.1) is 5.92 Å². The molecular weight excluding hydrogens is 512 g/mol. The molecule has 2 fully saturated rings. The molecule has 2 saturated heterocycles. The van der Waals surface area contributed by atoms with Gasteiger partial charge in [-0.25, -0.2) is 9.80 Å². The van der Waals surface area contributed by atoms with E-state index in [1.165, 1.54) is 0 Å². The molecule has 5 atom stereocenters. The lowest BCUT2D eigenvalue weighted by Gasteiger charge is -2.28. The second-order valence-electron chi connectivity index (χ2n) is 10.2. The number of carbonyl (C=O) groups is 1. The van der Waals surface area contributed by atoms with Gasteiger partial charge in [0, 0.05) is 25.5 Å². The van der Waals surface area contributed by atoms with E-state index < -0.39 is 18.2 Å². The number of fused-ring (bicyclic) bond motifs is 1. The van der Waals surface area contributed by atoms with Crippen molar-refractivity contribution in [1.29, 1.82) is 0 Å². The van der Waals surface area contributed by atoms with Crippen LogP contribution < -0.4 is 15.9 Å². The van der Waals surface area contributed by atoms with Gasteiger partial charge in [0.2, 0.25) is 0 Å². The standard InChI is InChI=1S/C30H36N4O6/c1-37-24-10-6-20(7-11-24)15-26(33-30(36)40-28-19-39-29-25(28)12-14-38-29)27(35)18-34(31)17-21-4-8-22(9-5-21)23-3-2-13-32-16-23/h2-11,13,16,25-29,35H,12,14-15,17-19,31H2,1H3,(H,33,36)/t25-,26-,27-,28-,29+/m0/s1. The van der Waals surface area contributed by atoms with Gasteiger partial charge in [0.15, 0.2) is 6.29 Å². The quantitative estimate of drug-likeness (QED) is 0.245. The lowest BCUT2D eigenvalue weighted by atomic mass is 10.0. The third-order valence-corrected chi connectivity index (χ3v) is 7.38. The van der Waals surface area contributed by atoms with Gasteiger partial charge in [-0.2, -0.15) is 0 Å². The molecule has 0 aliphatic carbocycles. The third-order valence-electron chi connectivity index (χ3n) is 7.38. The summed E-state index contributed by atoms with van der Waals surface area (Å²) in [7, 11) is 1.61. The number of carbonyl (C=O) groups excluding carboxylic acids is 1. The van der Waals surface area contributed by atoms with Gasteiger partial charge in [-0.1, -0.05) is 42.5 Å². The van der Waals surface area contributed by atoms with Crippen LogP contribution in [0.3, 0.4) is 0 Å². The van der Waals surface area contributed by atoms with Crippen LogP contribution in [0.5, 0.6) is 5.75 Å². The number of hydrogen-bond donors (Lipinski definition) is 3.